The van der Waals surface area contributed by atoms with E-state index in [-0.39, 0.29) is 6.03 Å². The predicted molar refractivity (Wildman–Crippen MR) is 82.9 cm³/mol. The van der Waals surface area contributed by atoms with E-state index >= 15 is 0 Å². The molecule has 2 rings (SSSR count). The van der Waals surface area contributed by atoms with Gasteiger partial charge in [0.1, 0.15) is 0 Å². The summed E-state index contributed by atoms with van der Waals surface area (Å²) < 4.78 is 24.3. The van der Waals surface area contributed by atoms with Gasteiger partial charge < -0.3 is 10.2 Å². The fourth-order valence-electron chi connectivity index (χ4n) is 2.30. The van der Waals surface area contributed by atoms with Gasteiger partial charge in [0.15, 0.2) is 0 Å². The first-order valence-corrected chi connectivity index (χ1v) is 8.71. The summed E-state index contributed by atoms with van der Waals surface area (Å²) in [4.78, 5) is 13.9. The highest BCUT2D eigenvalue weighted by molar-refractivity contribution is 7.88. The van der Waals surface area contributed by atoms with E-state index < -0.39 is 10.0 Å². The fourth-order valence-corrected chi connectivity index (χ4v) is 3.13. The molecule has 1 aromatic carbocycles. The van der Waals surface area contributed by atoms with Crippen LogP contribution in [0.4, 0.5) is 10.5 Å². The van der Waals surface area contributed by atoms with E-state index in [2.05, 4.69) is 5.32 Å². The van der Waals surface area contributed by atoms with Crippen molar-refractivity contribution in [2.45, 2.75) is 13.8 Å². The lowest BCUT2D eigenvalue weighted by Gasteiger charge is -2.33. The third-order valence-corrected chi connectivity index (χ3v) is 5.14. The van der Waals surface area contributed by atoms with E-state index in [0.717, 1.165) is 16.8 Å². The summed E-state index contributed by atoms with van der Waals surface area (Å²) in [5.41, 5.74) is 2.96. The van der Waals surface area contributed by atoms with Crippen LogP contribution in [0.15, 0.2) is 18.2 Å². The molecule has 1 saturated heterocycles. The van der Waals surface area contributed by atoms with Gasteiger partial charge in [-0.3, -0.25) is 0 Å². The zero-order chi connectivity index (χ0) is 15.6. The Balaban J connectivity index is 1.98. The Labute approximate surface area is 125 Å². The summed E-state index contributed by atoms with van der Waals surface area (Å²) in [5, 5.41) is 2.89. The molecule has 0 aliphatic carbocycles. The lowest BCUT2D eigenvalue weighted by molar-refractivity contribution is 0.184. The van der Waals surface area contributed by atoms with Gasteiger partial charge in [-0.05, 0) is 31.0 Å². The second-order valence-electron chi connectivity index (χ2n) is 5.33. The third-order valence-electron chi connectivity index (χ3n) is 3.84. The number of carbonyl (C=O) groups excluding carboxylic acids is 1. The first-order valence-electron chi connectivity index (χ1n) is 6.86. The van der Waals surface area contributed by atoms with Crippen LogP contribution in [-0.4, -0.2) is 56.1 Å². The van der Waals surface area contributed by atoms with Crippen LogP contribution in [0.2, 0.25) is 0 Å². The number of piperazine rings is 1. The zero-order valence-electron chi connectivity index (χ0n) is 12.6. The molecule has 6 nitrogen and oxygen atoms in total. The molecule has 0 atom stereocenters. The molecule has 1 heterocycles. The second kappa shape index (κ2) is 6.03. The largest absolute Gasteiger partial charge is 0.322 e. The highest BCUT2D eigenvalue weighted by atomic mass is 32.2. The first kappa shape index (κ1) is 15.8. The molecule has 1 aromatic rings. The van der Waals surface area contributed by atoms with Gasteiger partial charge in [0, 0.05) is 31.9 Å². The van der Waals surface area contributed by atoms with Gasteiger partial charge in [-0.15, -0.1) is 0 Å². The maximum atomic E-state index is 12.2. The Morgan fingerprint density at radius 1 is 1.14 bits per heavy atom. The molecule has 0 saturated carbocycles. The molecular weight excluding hydrogens is 290 g/mol. The first-order chi connectivity index (χ1) is 9.79. The summed E-state index contributed by atoms with van der Waals surface area (Å²) in [6.07, 6.45) is 1.19. The molecule has 0 radical (unpaired) electrons. The van der Waals surface area contributed by atoms with Crippen LogP contribution in [0.5, 0.6) is 0 Å². The van der Waals surface area contributed by atoms with Crippen LogP contribution in [0.25, 0.3) is 0 Å². The quantitative estimate of drug-likeness (QED) is 0.898. The lowest BCUT2D eigenvalue weighted by atomic mass is 10.1. The van der Waals surface area contributed by atoms with E-state index in [0.29, 0.717) is 26.2 Å². The van der Waals surface area contributed by atoms with Gasteiger partial charge in [-0.1, -0.05) is 12.1 Å². The number of amides is 2. The van der Waals surface area contributed by atoms with E-state index in [1.807, 2.05) is 32.0 Å². The van der Waals surface area contributed by atoms with Crippen molar-refractivity contribution in [2.75, 3.05) is 37.8 Å². The predicted octanol–water partition coefficient (Wildman–Crippen LogP) is 1.41. The van der Waals surface area contributed by atoms with Crippen molar-refractivity contribution in [1.82, 2.24) is 9.21 Å². The van der Waals surface area contributed by atoms with Crippen molar-refractivity contribution in [3.63, 3.8) is 0 Å². The lowest BCUT2D eigenvalue weighted by Crippen LogP contribution is -2.51. The van der Waals surface area contributed by atoms with Crippen molar-refractivity contribution in [1.29, 1.82) is 0 Å². The average Bonchev–Trinajstić information content (AvgIpc) is 2.43. The molecular formula is C14H21N3O3S. The summed E-state index contributed by atoms with van der Waals surface area (Å²) in [7, 11) is -3.17. The number of rotatable bonds is 2. The topological polar surface area (TPSA) is 69.7 Å². The molecule has 0 bridgehead atoms. The Hall–Kier alpha value is -1.60. The molecule has 2 amide bonds. The van der Waals surface area contributed by atoms with Crippen molar-refractivity contribution >= 4 is 21.7 Å². The minimum absolute atomic E-state index is 0.183. The van der Waals surface area contributed by atoms with Crippen LogP contribution < -0.4 is 5.32 Å². The van der Waals surface area contributed by atoms with E-state index in [1.165, 1.54) is 10.6 Å². The Bertz CT molecular complexity index is 635. The van der Waals surface area contributed by atoms with Gasteiger partial charge in [0.25, 0.3) is 0 Å². The summed E-state index contributed by atoms with van der Waals surface area (Å²) in [6, 6.07) is 5.58. The number of benzene rings is 1. The van der Waals surface area contributed by atoms with Gasteiger partial charge in [-0.2, -0.15) is 4.31 Å². The molecule has 21 heavy (non-hydrogen) atoms. The van der Waals surface area contributed by atoms with Crippen LogP contribution in [0.3, 0.4) is 0 Å². The van der Waals surface area contributed by atoms with Crippen LogP contribution in [0.1, 0.15) is 11.1 Å². The van der Waals surface area contributed by atoms with Crippen molar-refractivity contribution in [2.24, 2.45) is 0 Å². The minimum Gasteiger partial charge on any atom is -0.322 e. The van der Waals surface area contributed by atoms with Crippen LogP contribution in [-0.2, 0) is 10.0 Å². The minimum atomic E-state index is -3.17. The summed E-state index contributed by atoms with van der Waals surface area (Å²) in [6.45, 7) is 5.47. The van der Waals surface area contributed by atoms with E-state index in [1.54, 1.807) is 4.90 Å². The Kier molecular flexibility index (Phi) is 4.53. The number of aryl methyl sites for hydroxylation is 1. The normalized spacial score (nSPS) is 16.8. The maximum absolute atomic E-state index is 12.2. The Morgan fingerprint density at radius 3 is 2.33 bits per heavy atom. The maximum Gasteiger partial charge on any atom is 0.321 e. The average molecular weight is 311 g/mol. The number of hydrogen-bond acceptors (Lipinski definition) is 3. The molecule has 1 fully saturated rings. The van der Waals surface area contributed by atoms with Crippen molar-refractivity contribution < 1.29 is 13.2 Å². The van der Waals surface area contributed by atoms with E-state index in [9.17, 15) is 13.2 Å². The SMILES string of the molecule is Cc1cccc(NC(=O)N2CCN(S(C)(=O)=O)CC2)c1C. The van der Waals surface area contributed by atoms with Crippen LogP contribution in [0, 0.1) is 13.8 Å². The molecule has 0 aromatic heterocycles. The molecule has 1 N–H and O–H groups in total. The highest BCUT2D eigenvalue weighted by Gasteiger charge is 2.26. The number of hydrogen-bond donors (Lipinski definition) is 1. The molecule has 1 aliphatic heterocycles. The number of anilines is 1. The number of nitrogens with zero attached hydrogens (tertiary/aromatic N) is 2. The van der Waals surface area contributed by atoms with Crippen LogP contribution >= 0.6 is 0 Å². The highest BCUT2D eigenvalue weighted by Crippen LogP contribution is 2.18. The number of urea groups is 1. The molecule has 7 heteroatoms. The zero-order valence-corrected chi connectivity index (χ0v) is 13.4. The van der Waals surface area contributed by atoms with Crippen molar-refractivity contribution in [3.05, 3.63) is 29.3 Å². The summed E-state index contributed by atoms with van der Waals surface area (Å²) >= 11 is 0. The van der Waals surface area contributed by atoms with E-state index in [4.69, 9.17) is 0 Å². The second-order valence-corrected chi connectivity index (χ2v) is 7.31. The van der Waals surface area contributed by atoms with Gasteiger partial charge in [0.2, 0.25) is 10.0 Å². The molecule has 0 spiro atoms. The van der Waals surface area contributed by atoms with Gasteiger partial charge >= 0.3 is 6.03 Å². The van der Waals surface area contributed by atoms with Gasteiger partial charge in [0.05, 0.1) is 6.26 Å². The number of carbonyl (C=O) groups is 1. The number of nitrogens with one attached hydrogen (secondary N) is 1. The van der Waals surface area contributed by atoms with Crippen molar-refractivity contribution in [3.8, 4) is 0 Å². The third kappa shape index (κ3) is 3.74. The number of sulfonamides is 1. The van der Waals surface area contributed by atoms with Gasteiger partial charge in [-0.25, -0.2) is 13.2 Å². The monoisotopic (exact) mass is 311 g/mol. The molecule has 1 aliphatic rings. The molecule has 116 valence electrons. The fraction of sp³-hybridized carbons (Fsp3) is 0.500. The standard InChI is InChI=1S/C14H21N3O3S/c1-11-5-4-6-13(12(11)2)15-14(18)16-7-9-17(10-8-16)21(3,19)20/h4-6H,7-10H2,1-3H3,(H,15,18). The smallest absolute Gasteiger partial charge is 0.321 e. The molecule has 0 unspecified atom stereocenters. The Morgan fingerprint density at radius 2 is 1.76 bits per heavy atom. The summed E-state index contributed by atoms with van der Waals surface area (Å²) in [5.74, 6) is 0.